The summed E-state index contributed by atoms with van der Waals surface area (Å²) in [6.07, 6.45) is 0.929. The molecule has 0 fully saturated rings. The number of nitrogens with zero attached hydrogens (tertiary/aromatic N) is 2. The van der Waals surface area contributed by atoms with Gasteiger partial charge >= 0.3 is 0 Å². The number of amides is 1. The van der Waals surface area contributed by atoms with Gasteiger partial charge in [0.2, 0.25) is 15.9 Å². The lowest BCUT2D eigenvalue weighted by Gasteiger charge is -2.28. The van der Waals surface area contributed by atoms with E-state index in [0.29, 0.717) is 0 Å². The summed E-state index contributed by atoms with van der Waals surface area (Å²) in [5.74, 6) is -1.23. The van der Waals surface area contributed by atoms with Crippen LogP contribution in [0.4, 0.5) is 21.5 Å². The fourth-order valence-corrected chi connectivity index (χ4v) is 3.77. The lowest BCUT2D eigenvalue weighted by molar-refractivity contribution is -0.385. The summed E-state index contributed by atoms with van der Waals surface area (Å²) in [6.45, 7) is 2.85. The maximum absolute atomic E-state index is 13.1. The third-order valence-electron chi connectivity index (χ3n) is 3.93. The van der Waals surface area contributed by atoms with E-state index in [4.69, 9.17) is 0 Å². The van der Waals surface area contributed by atoms with Crippen molar-refractivity contribution in [3.63, 3.8) is 0 Å². The monoisotopic (exact) mass is 395 g/mol. The summed E-state index contributed by atoms with van der Waals surface area (Å²) in [4.78, 5) is 23.1. The summed E-state index contributed by atoms with van der Waals surface area (Å²) in [5.41, 5.74) is 0.403. The number of rotatable bonds is 6. The van der Waals surface area contributed by atoms with E-state index in [1.54, 1.807) is 0 Å². The quantitative estimate of drug-likeness (QED) is 0.597. The van der Waals surface area contributed by atoms with E-state index >= 15 is 0 Å². The number of carbonyl (C=O) groups excluding carboxylic acids is 1. The Balaban J connectivity index is 2.35. The second kappa shape index (κ2) is 7.70. The van der Waals surface area contributed by atoms with Gasteiger partial charge in [0.25, 0.3) is 5.69 Å². The number of halogens is 1. The van der Waals surface area contributed by atoms with Crippen LogP contribution in [0.15, 0.2) is 42.5 Å². The van der Waals surface area contributed by atoms with Crippen LogP contribution >= 0.6 is 0 Å². The minimum atomic E-state index is -3.86. The number of nitrogens with one attached hydrogen (secondary N) is 1. The molecule has 2 aromatic carbocycles. The fraction of sp³-hybridized carbons (Fsp3) is 0.235. The number of nitro benzene ring substituents is 1. The van der Waals surface area contributed by atoms with Gasteiger partial charge in [-0.25, -0.2) is 12.8 Å². The molecule has 144 valence electrons. The molecule has 1 amide bonds. The van der Waals surface area contributed by atoms with Crippen LogP contribution in [0.5, 0.6) is 0 Å². The minimum absolute atomic E-state index is 0.123. The molecule has 2 aromatic rings. The highest BCUT2D eigenvalue weighted by molar-refractivity contribution is 7.92. The highest BCUT2D eigenvalue weighted by Gasteiger charge is 2.29. The highest BCUT2D eigenvalue weighted by atomic mass is 32.2. The van der Waals surface area contributed by atoms with Gasteiger partial charge in [-0.3, -0.25) is 19.2 Å². The molecule has 0 heterocycles. The molecule has 0 aromatic heterocycles. The minimum Gasteiger partial charge on any atom is -0.324 e. The molecule has 0 saturated heterocycles. The number of carbonyl (C=O) groups is 1. The Labute approximate surface area is 155 Å². The van der Waals surface area contributed by atoms with Crippen molar-refractivity contribution in [2.75, 3.05) is 15.9 Å². The number of anilines is 2. The van der Waals surface area contributed by atoms with E-state index in [1.807, 2.05) is 0 Å². The van der Waals surface area contributed by atoms with Gasteiger partial charge in [-0.2, -0.15) is 0 Å². The smallest absolute Gasteiger partial charge is 0.274 e. The van der Waals surface area contributed by atoms with Crippen LogP contribution in [0, 0.1) is 22.9 Å². The van der Waals surface area contributed by atoms with E-state index in [2.05, 4.69) is 5.32 Å². The van der Waals surface area contributed by atoms with Crippen molar-refractivity contribution in [3.05, 3.63) is 64.0 Å². The van der Waals surface area contributed by atoms with E-state index < -0.39 is 32.7 Å². The van der Waals surface area contributed by atoms with Gasteiger partial charge in [0.05, 0.1) is 28.1 Å². The van der Waals surface area contributed by atoms with Gasteiger partial charge in [0, 0.05) is 6.07 Å². The molecule has 0 spiro atoms. The van der Waals surface area contributed by atoms with Crippen LogP contribution in [0.3, 0.4) is 0 Å². The van der Waals surface area contributed by atoms with Crippen molar-refractivity contribution in [2.24, 2.45) is 0 Å². The predicted octanol–water partition coefficient (Wildman–Crippen LogP) is 2.84. The third-order valence-corrected chi connectivity index (χ3v) is 5.17. The van der Waals surface area contributed by atoms with Gasteiger partial charge in [-0.05, 0) is 44.2 Å². The first-order chi connectivity index (χ1) is 12.5. The lowest BCUT2D eigenvalue weighted by atomic mass is 10.1. The highest BCUT2D eigenvalue weighted by Crippen LogP contribution is 2.26. The average molecular weight is 395 g/mol. The van der Waals surface area contributed by atoms with Crippen molar-refractivity contribution >= 4 is 33.0 Å². The average Bonchev–Trinajstić information content (AvgIpc) is 2.57. The standard InChI is InChI=1S/C17H18FN3O5S/c1-11-15(5-4-6-16(11)21(23)24)19-17(22)12(2)20(27(3,25)26)14-9-7-13(18)8-10-14/h4-10,12H,1-3H3,(H,19,22). The first-order valence-electron chi connectivity index (χ1n) is 7.82. The van der Waals surface area contributed by atoms with Crippen molar-refractivity contribution in [2.45, 2.75) is 19.9 Å². The van der Waals surface area contributed by atoms with E-state index in [9.17, 15) is 27.7 Å². The molecular weight excluding hydrogens is 377 g/mol. The topological polar surface area (TPSA) is 110 Å². The van der Waals surface area contributed by atoms with Gasteiger partial charge < -0.3 is 5.32 Å². The second-order valence-electron chi connectivity index (χ2n) is 5.91. The Hall–Kier alpha value is -3.01. The summed E-state index contributed by atoms with van der Waals surface area (Å²) >= 11 is 0. The van der Waals surface area contributed by atoms with Gasteiger partial charge in [-0.1, -0.05) is 6.07 Å². The van der Waals surface area contributed by atoms with Crippen LogP contribution in [0.1, 0.15) is 12.5 Å². The number of benzene rings is 2. The molecule has 1 N–H and O–H groups in total. The molecule has 10 heteroatoms. The Morgan fingerprint density at radius 1 is 1.22 bits per heavy atom. The van der Waals surface area contributed by atoms with Crippen molar-refractivity contribution in [1.29, 1.82) is 0 Å². The van der Waals surface area contributed by atoms with Crippen LogP contribution in [-0.4, -0.2) is 31.5 Å². The molecule has 0 aliphatic rings. The summed E-state index contributed by atoms with van der Waals surface area (Å²) in [6, 6.07) is 7.69. The largest absolute Gasteiger partial charge is 0.324 e. The predicted molar refractivity (Wildman–Crippen MR) is 99.6 cm³/mol. The summed E-state index contributed by atoms with van der Waals surface area (Å²) in [5, 5.41) is 13.5. The van der Waals surface area contributed by atoms with E-state index in [1.165, 1.54) is 44.2 Å². The lowest BCUT2D eigenvalue weighted by Crippen LogP contribution is -2.45. The first kappa shape index (κ1) is 20.3. The zero-order chi connectivity index (χ0) is 20.4. The fourth-order valence-electron chi connectivity index (χ4n) is 2.59. The second-order valence-corrected chi connectivity index (χ2v) is 7.77. The van der Waals surface area contributed by atoms with Gasteiger partial charge in [-0.15, -0.1) is 0 Å². The van der Waals surface area contributed by atoms with Crippen molar-refractivity contribution in [3.8, 4) is 0 Å². The SMILES string of the molecule is Cc1c(NC(=O)C(C)N(c2ccc(F)cc2)S(C)(=O)=O)cccc1[N+](=O)[O-]. The maximum atomic E-state index is 13.1. The normalized spacial score (nSPS) is 12.3. The Kier molecular flexibility index (Phi) is 5.79. The maximum Gasteiger partial charge on any atom is 0.274 e. The Bertz CT molecular complexity index is 977. The molecule has 0 aliphatic carbocycles. The number of hydrogen-bond donors (Lipinski definition) is 1. The van der Waals surface area contributed by atoms with Crippen molar-refractivity contribution in [1.82, 2.24) is 0 Å². The Morgan fingerprint density at radius 2 is 1.81 bits per heavy atom. The number of nitro groups is 1. The zero-order valence-electron chi connectivity index (χ0n) is 14.8. The van der Waals surface area contributed by atoms with Crippen LogP contribution in [0.2, 0.25) is 0 Å². The zero-order valence-corrected chi connectivity index (χ0v) is 15.7. The molecule has 1 atom stereocenters. The number of sulfonamides is 1. The molecule has 0 bridgehead atoms. The molecule has 0 saturated carbocycles. The summed E-state index contributed by atoms with van der Waals surface area (Å²) in [7, 11) is -3.86. The van der Waals surface area contributed by atoms with Crippen LogP contribution in [-0.2, 0) is 14.8 Å². The van der Waals surface area contributed by atoms with E-state index in [-0.39, 0.29) is 22.6 Å². The third kappa shape index (κ3) is 4.59. The molecular formula is C17H18FN3O5S. The first-order valence-corrected chi connectivity index (χ1v) is 9.67. The molecule has 0 aliphatic heterocycles. The van der Waals surface area contributed by atoms with Crippen molar-refractivity contribution < 1.29 is 22.5 Å². The molecule has 8 nitrogen and oxygen atoms in total. The van der Waals surface area contributed by atoms with E-state index in [0.717, 1.165) is 22.7 Å². The molecule has 0 radical (unpaired) electrons. The molecule has 27 heavy (non-hydrogen) atoms. The van der Waals surface area contributed by atoms with Crippen LogP contribution in [0.25, 0.3) is 0 Å². The Morgan fingerprint density at radius 3 is 2.33 bits per heavy atom. The summed E-state index contributed by atoms with van der Waals surface area (Å²) < 4.78 is 38.4. The molecule has 1 unspecified atom stereocenters. The van der Waals surface area contributed by atoms with Crippen LogP contribution < -0.4 is 9.62 Å². The number of hydrogen-bond acceptors (Lipinski definition) is 5. The molecule has 2 rings (SSSR count). The van der Waals surface area contributed by atoms with Gasteiger partial charge in [0.15, 0.2) is 0 Å². The van der Waals surface area contributed by atoms with Gasteiger partial charge in [0.1, 0.15) is 11.9 Å².